The van der Waals surface area contributed by atoms with Crippen LogP contribution >= 0.6 is 11.6 Å². The molecular weight excluding hydrogens is 262 g/mol. The molecule has 0 aromatic heterocycles. The monoisotopic (exact) mass is 281 g/mol. The molecule has 0 aliphatic carbocycles. The van der Waals surface area contributed by atoms with Crippen LogP contribution in [0.1, 0.15) is 31.2 Å². The van der Waals surface area contributed by atoms with Crippen molar-refractivity contribution in [2.75, 3.05) is 13.1 Å². The van der Waals surface area contributed by atoms with Crippen molar-refractivity contribution in [1.82, 2.24) is 4.90 Å². The molecule has 2 rings (SSSR count). The fourth-order valence-electron chi connectivity index (χ4n) is 2.77. The smallest absolute Gasteiger partial charge is 0.303 e. The Bertz CT molecular complexity index is 436. The zero-order valence-electron chi connectivity index (χ0n) is 11.0. The molecule has 3 nitrogen and oxygen atoms in total. The molecule has 1 fully saturated rings. The molecule has 0 saturated carbocycles. The molecule has 1 saturated heterocycles. The van der Waals surface area contributed by atoms with Gasteiger partial charge in [0.2, 0.25) is 0 Å². The molecule has 1 aromatic carbocycles. The number of carbonyl (C=O) groups is 1. The van der Waals surface area contributed by atoms with Crippen molar-refractivity contribution in [2.45, 2.75) is 38.1 Å². The van der Waals surface area contributed by atoms with Crippen molar-refractivity contribution in [3.8, 4) is 0 Å². The number of likely N-dealkylation sites (tertiary alicyclic amines) is 1. The summed E-state index contributed by atoms with van der Waals surface area (Å²) >= 11 is 6.20. The van der Waals surface area contributed by atoms with Gasteiger partial charge in [-0.25, -0.2) is 0 Å². The fourth-order valence-corrected chi connectivity index (χ4v) is 2.98. The van der Waals surface area contributed by atoms with E-state index in [1.165, 1.54) is 18.4 Å². The van der Waals surface area contributed by atoms with E-state index in [-0.39, 0.29) is 6.42 Å². The quantitative estimate of drug-likeness (QED) is 0.870. The van der Waals surface area contributed by atoms with E-state index < -0.39 is 5.97 Å². The summed E-state index contributed by atoms with van der Waals surface area (Å²) in [5.74, 6) is -0.707. The summed E-state index contributed by atoms with van der Waals surface area (Å²) in [4.78, 5) is 13.0. The maximum Gasteiger partial charge on any atom is 0.303 e. The van der Waals surface area contributed by atoms with Crippen LogP contribution in [0, 0.1) is 0 Å². The normalized spacial score (nSPS) is 19.7. The van der Waals surface area contributed by atoms with Crippen LogP contribution in [-0.4, -0.2) is 35.1 Å². The van der Waals surface area contributed by atoms with Crippen LogP contribution in [0.25, 0.3) is 0 Å². The molecule has 104 valence electrons. The summed E-state index contributed by atoms with van der Waals surface area (Å²) in [5, 5.41) is 9.52. The van der Waals surface area contributed by atoms with Gasteiger partial charge >= 0.3 is 5.97 Å². The highest BCUT2D eigenvalue weighted by Gasteiger charge is 2.24. The van der Waals surface area contributed by atoms with Crippen molar-refractivity contribution in [1.29, 1.82) is 0 Å². The van der Waals surface area contributed by atoms with Gasteiger partial charge in [0.05, 0.1) is 0 Å². The molecule has 1 N–H and O–H groups in total. The Balaban J connectivity index is 1.88. The largest absolute Gasteiger partial charge is 0.481 e. The zero-order chi connectivity index (χ0) is 13.7. The summed E-state index contributed by atoms with van der Waals surface area (Å²) in [7, 11) is 0. The minimum absolute atomic E-state index is 0.259. The average Bonchev–Trinajstić information content (AvgIpc) is 2.79. The number of halogens is 1. The number of carboxylic acid groups (broad SMARTS) is 1. The molecule has 1 heterocycles. The lowest BCUT2D eigenvalue weighted by atomic mass is 10.0. The maximum atomic E-state index is 10.6. The Kier molecular flexibility index (Phi) is 5.23. The predicted octanol–water partition coefficient (Wildman–Crippen LogP) is 3.21. The van der Waals surface area contributed by atoms with Gasteiger partial charge in [-0.1, -0.05) is 29.8 Å². The molecular formula is C15H20ClNO2. The second-order valence-electron chi connectivity index (χ2n) is 5.12. The lowest BCUT2D eigenvalue weighted by molar-refractivity contribution is -0.137. The first-order valence-electron chi connectivity index (χ1n) is 6.86. The third-order valence-corrected chi connectivity index (χ3v) is 4.12. The van der Waals surface area contributed by atoms with Gasteiger partial charge in [-0.3, -0.25) is 4.79 Å². The summed E-state index contributed by atoms with van der Waals surface area (Å²) < 4.78 is 0. The van der Waals surface area contributed by atoms with E-state index in [2.05, 4.69) is 11.0 Å². The molecule has 4 heteroatoms. The topological polar surface area (TPSA) is 40.5 Å². The van der Waals surface area contributed by atoms with Crippen LogP contribution in [-0.2, 0) is 11.2 Å². The van der Waals surface area contributed by atoms with Gasteiger partial charge in [0.15, 0.2) is 0 Å². The Morgan fingerprint density at radius 1 is 1.42 bits per heavy atom. The number of nitrogens with zero attached hydrogens (tertiary/aromatic N) is 1. The van der Waals surface area contributed by atoms with Gasteiger partial charge in [0.1, 0.15) is 0 Å². The third-order valence-electron chi connectivity index (χ3n) is 3.75. The van der Waals surface area contributed by atoms with Crippen molar-refractivity contribution in [3.05, 3.63) is 34.9 Å². The first-order valence-corrected chi connectivity index (χ1v) is 7.24. The summed E-state index contributed by atoms with van der Waals surface area (Å²) in [6.07, 6.45) is 4.33. The minimum atomic E-state index is -0.707. The number of hydrogen-bond acceptors (Lipinski definition) is 2. The summed E-state index contributed by atoms with van der Waals surface area (Å²) in [6, 6.07) is 8.49. The Morgan fingerprint density at radius 3 is 2.95 bits per heavy atom. The average molecular weight is 282 g/mol. The van der Waals surface area contributed by atoms with Crippen LogP contribution in [0.3, 0.4) is 0 Å². The van der Waals surface area contributed by atoms with Gasteiger partial charge in [0.25, 0.3) is 0 Å². The number of carboxylic acids is 1. The molecule has 1 aliphatic rings. The first-order chi connectivity index (χ1) is 9.16. The van der Waals surface area contributed by atoms with Crippen molar-refractivity contribution in [2.24, 2.45) is 0 Å². The van der Waals surface area contributed by atoms with Gasteiger partial charge in [-0.2, -0.15) is 0 Å². The molecule has 19 heavy (non-hydrogen) atoms. The molecule has 0 bridgehead atoms. The number of aliphatic carboxylic acids is 1. The minimum Gasteiger partial charge on any atom is -0.481 e. The van der Waals surface area contributed by atoms with Gasteiger partial charge in [-0.15, -0.1) is 0 Å². The van der Waals surface area contributed by atoms with Crippen LogP contribution in [0.15, 0.2) is 24.3 Å². The fraction of sp³-hybridized carbons (Fsp3) is 0.533. The highest BCUT2D eigenvalue weighted by atomic mass is 35.5. The van der Waals surface area contributed by atoms with E-state index in [9.17, 15) is 4.79 Å². The van der Waals surface area contributed by atoms with Crippen LogP contribution in [0.2, 0.25) is 5.02 Å². The Hall–Kier alpha value is -1.06. The molecule has 0 spiro atoms. The van der Waals surface area contributed by atoms with Crippen LogP contribution in [0.5, 0.6) is 0 Å². The van der Waals surface area contributed by atoms with Crippen LogP contribution in [0.4, 0.5) is 0 Å². The van der Waals surface area contributed by atoms with E-state index in [0.29, 0.717) is 6.04 Å². The third kappa shape index (κ3) is 4.22. The number of benzene rings is 1. The maximum absolute atomic E-state index is 10.6. The molecule has 0 amide bonds. The Labute approximate surface area is 119 Å². The van der Waals surface area contributed by atoms with Crippen molar-refractivity contribution >= 4 is 17.6 Å². The van der Waals surface area contributed by atoms with E-state index in [0.717, 1.165) is 31.0 Å². The summed E-state index contributed by atoms with van der Waals surface area (Å²) in [5.41, 5.74) is 1.19. The van der Waals surface area contributed by atoms with E-state index in [1.807, 2.05) is 18.2 Å². The summed E-state index contributed by atoms with van der Waals surface area (Å²) in [6.45, 7) is 1.95. The van der Waals surface area contributed by atoms with Gasteiger partial charge in [0, 0.05) is 17.5 Å². The molecule has 1 unspecified atom stereocenters. The first kappa shape index (κ1) is 14.4. The Morgan fingerprint density at radius 2 is 2.21 bits per heavy atom. The SMILES string of the molecule is O=C(O)CCCN1CCCC1Cc1ccccc1Cl. The number of rotatable bonds is 6. The van der Waals surface area contributed by atoms with Crippen molar-refractivity contribution in [3.63, 3.8) is 0 Å². The van der Waals surface area contributed by atoms with Crippen LogP contribution < -0.4 is 0 Å². The molecule has 1 aliphatic heterocycles. The standard InChI is InChI=1S/C15H20ClNO2/c16-14-7-2-1-5-12(14)11-13-6-3-9-17(13)10-4-8-15(18)19/h1-2,5,7,13H,3-4,6,8-11H2,(H,18,19). The second-order valence-corrected chi connectivity index (χ2v) is 5.53. The predicted molar refractivity (Wildman–Crippen MR) is 76.6 cm³/mol. The number of hydrogen-bond donors (Lipinski definition) is 1. The van der Waals surface area contributed by atoms with E-state index in [4.69, 9.17) is 16.7 Å². The van der Waals surface area contributed by atoms with Crippen molar-refractivity contribution < 1.29 is 9.90 Å². The molecule has 1 aromatic rings. The van der Waals surface area contributed by atoms with Gasteiger partial charge in [-0.05, 0) is 50.4 Å². The van der Waals surface area contributed by atoms with E-state index in [1.54, 1.807) is 0 Å². The second kappa shape index (κ2) is 6.92. The molecule has 0 radical (unpaired) electrons. The van der Waals surface area contributed by atoms with Gasteiger partial charge < -0.3 is 10.0 Å². The zero-order valence-corrected chi connectivity index (χ0v) is 11.8. The lowest BCUT2D eigenvalue weighted by Gasteiger charge is -2.24. The lowest BCUT2D eigenvalue weighted by Crippen LogP contribution is -2.32. The van der Waals surface area contributed by atoms with E-state index >= 15 is 0 Å². The highest BCUT2D eigenvalue weighted by molar-refractivity contribution is 6.31. The molecule has 1 atom stereocenters. The highest BCUT2D eigenvalue weighted by Crippen LogP contribution is 2.24.